The van der Waals surface area contributed by atoms with Crippen LogP contribution in [0.5, 0.6) is 0 Å². The molecule has 2 heterocycles. The lowest BCUT2D eigenvalue weighted by molar-refractivity contribution is 0.0689. The molecular formula is C15H10FN3O4. The molecule has 0 fully saturated rings. The minimum absolute atomic E-state index is 0.238. The Balaban J connectivity index is 2.29. The minimum Gasteiger partial charge on any atom is -0.476 e. The SMILES string of the molecule is Cc1cc2[nH]c(=O)c(C(=O)O)nc2cc1-n1ccc(=O)c(F)c1. The summed E-state index contributed by atoms with van der Waals surface area (Å²) in [6, 6.07) is 4.19. The van der Waals surface area contributed by atoms with Crippen molar-refractivity contribution < 1.29 is 14.3 Å². The van der Waals surface area contributed by atoms with Gasteiger partial charge in [-0.25, -0.2) is 14.2 Å². The van der Waals surface area contributed by atoms with E-state index in [1.54, 1.807) is 13.0 Å². The number of nitrogens with zero attached hydrogens (tertiary/aromatic N) is 2. The van der Waals surface area contributed by atoms with Crippen molar-refractivity contribution in [1.82, 2.24) is 14.5 Å². The highest BCUT2D eigenvalue weighted by atomic mass is 19.1. The van der Waals surface area contributed by atoms with Gasteiger partial charge in [0.05, 0.1) is 16.7 Å². The van der Waals surface area contributed by atoms with Gasteiger partial charge >= 0.3 is 5.97 Å². The van der Waals surface area contributed by atoms with E-state index in [9.17, 15) is 18.8 Å². The number of aromatic nitrogens is 3. The summed E-state index contributed by atoms with van der Waals surface area (Å²) >= 11 is 0. The van der Waals surface area contributed by atoms with Crippen LogP contribution in [0.2, 0.25) is 0 Å². The largest absolute Gasteiger partial charge is 0.476 e. The number of carbonyl (C=O) groups is 1. The van der Waals surface area contributed by atoms with Crippen LogP contribution in [0.25, 0.3) is 16.7 Å². The van der Waals surface area contributed by atoms with E-state index in [0.29, 0.717) is 16.8 Å². The predicted molar refractivity (Wildman–Crippen MR) is 79.6 cm³/mol. The molecular weight excluding hydrogens is 305 g/mol. The molecule has 0 aliphatic carbocycles. The maximum atomic E-state index is 13.5. The Hall–Kier alpha value is -3.29. The van der Waals surface area contributed by atoms with Gasteiger partial charge in [-0.1, -0.05) is 0 Å². The molecule has 0 saturated carbocycles. The van der Waals surface area contributed by atoms with E-state index in [1.807, 2.05) is 0 Å². The van der Waals surface area contributed by atoms with Gasteiger partial charge in [-0.05, 0) is 24.6 Å². The highest BCUT2D eigenvalue weighted by Gasteiger charge is 2.13. The first-order chi connectivity index (χ1) is 10.9. The van der Waals surface area contributed by atoms with E-state index >= 15 is 0 Å². The van der Waals surface area contributed by atoms with Gasteiger partial charge in [-0.2, -0.15) is 0 Å². The van der Waals surface area contributed by atoms with Crippen LogP contribution in [0.15, 0.2) is 40.2 Å². The normalized spacial score (nSPS) is 10.9. The summed E-state index contributed by atoms with van der Waals surface area (Å²) in [7, 11) is 0. The molecule has 1 aromatic carbocycles. The van der Waals surface area contributed by atoms with E-state index in [-0.39, 0.29) is 5.52 Å². The molecule has 0 unspecified atom stereocenters. The molecule has 0 aliphatic rings. The van der Waals surface area contributed by atoms with Crippen molar-refractivity contribution in [2.75, 3.05) is 0 Å². The third kappa shape index (κ3) is 2.50. The fourth-order valence-corrected chi connectivity index (χ4v) is 2.26. The molecule has 0 spiro atoms. The first kappa shape index (κ1) is 14.6. The summed E-state index contributed by atoms with van der Waals surface area (Å²) in [5.41, 5.74) is -0.363. The Labute approximate surface area is 127 Å². The number of carboxylic acid groups (broad SMARTS) is 1. The average Bonchev–Trinajstić information content (AvgIpc) is 2.48. The smallest absolute Gasteiger partial charge is 0.360 e. The second-order valence-corrected chi connectivity index (χ2v) is 4.94. The van der Waals surface area contributed by atoms with Gasteiger partial charge in [0.1, 0.15) is 0 Å². The van der Waals surface area contributed by atoms with Gasteiger partial charge in [0.2, 0.25) is 11.1 Å². The van der Waals surface area contributed by atoms with Crippen LogP contribution < -0.4 is 11.0 Å². The van der Waals surface area contributed by atoms with Crippen molar-refractivity contribution in [3.63, 3.8) is 0 Å². The van der Waals surface area contributed by atoms with Gasteiger partial charge in [-0.3, -0.25) is 9.59 Å². The van der Waals surface area contributed by atoms with E-state index in [1.165, 1.54) is 16.8 Å². The number of halogens is 1. The van der Waals surface area contributed by atoms with Crippen molar-refractivity contribution in [3.8, 4) is 5.69 Å². The monoisotopic (exact) mass is 315 g/mol. The topological polar surface area (TPSA) is 105 Å². The third-order valence-corrected chi connectivity index (χ3v) is 3.36. The van der Waals surface area contributed by atoms with Crippen LogP contribution in [0.4, 0.5) is 4.39 Å². The number of nitrogens with one attached hydrogen (secondary N) is 1. The zero-order chi connectivity index (χ0) is 16.7. The molecule has 0 bridgehead atoms. The number of H-pyrrole nitrogens is 1. The van der Waals surface area contributed by atoms with Crippen LogP contribution in [-0.4, -0.2) is 25.6 Å². The number of carboxylic acids is 1. The maximum Gasteiger partial charge on any atom is 0.360 e. The van der Waals surface area contributed by atoms with Crippen molar-refractivity contribution in [1.29, 1.82) is 0 Å². The summed E-state index contributed by atoms with van der Waals surface area (Å²) in [6.45, 7) is 1.73. The van der Waals surface area contributed by atoms with Gasteiger partial charge in [0.25, 0.3) is 5.56 Å². The van der Waals surface area contributed by atoms with Crippen molar-refractivity contribution in [2.24, 2.45) is 0 Å². The number of aromatic amines is 1. The van der Waals surface area contributed by atoms with Crippen LogP contribution in [0, 0.1) is 12.7 Å². The molecule has 0 aliphatic heterocycles. The first-order valence-corrected chi connectivity index (χ1v) is 6.53. The summed E-state index contributed by atoms with van der Waals surface area (Å²) in [6.07, 6.45) is 2.42. The summed E-state index contributed by atoms with van der Waals surface area (Å²) in [5, 5.41) is 8.96. The molecule has 3 aromatic rings. The zero-order valence-corrected chi connectivity index (χ0v) is 11.8. The molecule has 2 aromatic heterocycles. The molecule has 7 nitrogen and oxygen atoms in total. The molecule has 116 valence electrons. The highest BCUT2D eigenvalue weighted by Crippen LogP contribution is 2.19. The molecule has 0 atom stereocenters. The lowest BCUT2D eigenvalue weighted by atomic mass is 10.1. The number of hydrogen-bond donors (Lipinski definition) is 2. The van der Waals surface area contributed by atoms with Crippen LogP contribution in [0.1, 0.15) is 16.1 Å². The zero-order valence-electron chi connectivity index (χ0n) is 11.8. The Morgan fingerprint density at radius 2 is 2.09 bits per heavy atom. The fourth-order valence-electron chi connectivity index (χ4n) is 2.26. The van der Waals surface area contributed by atoms with E-state index in [0.717, 1.165) is 12.3 Å². The summed E-state index contributed by atoms with van der Waals surface area (Å²) in [4.78, 5) is 40.1. The fraction of sp³-hybridized carbons (Fsp3) is 0.0667. The Morgan fingerprint density at radius 3 is 2.74 bits per heavy atom. The van der Waals surface area contributed by atoms with Crippen LogP contribution in [0.3, 0.4) is 0 Å². The number of aromatic carboxylic acids is 1. The molecule has 8 heteroatoms. The van der Waals surface area contributed by atoms with Crippen LogP contribution >= 0.6 is 0 Å². The second kappa shape index (κ2) is 5.16. The summed E-state index contributed by atoms with van der Waals surface area (Å²) < 4.78 is 14.8. The van der Waals surface area contributed by atoms with E-state index < -0.39 is 28.5 Å². The maximum absolute atomic E-state index is 13.5. The number of benzene rings is 1. The van der Waals surface area contributed by atoms with E-state index in [4.69, 9.17) is 5.11 Å². The Morgan fingerprint density at radius 1 is 1.35 bits per heavy atom. The number of hydrogen-bond acceptors (Lipinski definition) is 4. The number of aryl methyl sites for hydroxylation is 1. The second-order valence-electron chi connectivity index (χ2n) is 4.94. The highest BCUT2D eigenvalue weighted by molar-refractivity contribution is 5.88. The first-order valence-electron chi connectivity index (χ1n) is 6.53. The minimum atomic E-state index is -1.44. The number of pyridine rings is 1. The van der Waals surface area contributed by atoms with Crippen LogP contribution in [-0.2, 0) is 0 Å². The third-order valence-electron chi connectivity index (χ3n) is 3.36. The molecule has 2 N–H and O–H groups in total. The van der Waals surface area contributed by atoms with Gasteiger partial charge in [0.15, 0.2) is 5.82 Å². The van der Waals surface area contributed by atoms with Crippen molar-refractivity contribution in [2.45, 2.75) is 6.92 Å². The van der Waals surface area contributed by atoms with Gasteiger partial charge in [-0.15, -0.1) is 0 Å². The predicted octanol–water partition coefficient (Wildman–Crippen LogP) is 1.22. The quantitative estimate of drug-likeness (QED) is 0.740. The lowest BCUT2D eigenvalue weighted by Crippen LogP contribution is -2.20. The van der Waals surface area contributed by atoms with Gasteiger partial charge in [0, 0.05) is 18.5 Å². The molecule has 0 radical (unpaired) electrons. The number of fused-ring (bicyclic) bond motifs is 1. The number of rotatable bonds is 2. The summed E-state index contributed by atoms with van der Waals surface area (Å²) in [5.74, 6) is -2.35. The Kier molecular flexibility index (Phi) is 3.29. The molecule has 0 amide bonds. The standard InChI is InChI=1S/C15H10FN3O4/c1-7-4-9-10(17-13(15(22)23)14(21)18-9)5-11(7)19-3-2-12(20)8(16)6-19/h2-6H,1H3,(H,18,21)(H,22,23). The molecule has 23 heavy (non-hydrogen) atoms. The lowest BCUT2D eigenvalue weighted by Gasteiger charge is -2.11. The van der Waals surface area contributed by atoms with Crippen molar-refractivity contribution >= 4 is 17.0 Å². The van der Waals surface area contributed by atoms with Crippen molar-refractivity contribution in [3.05, 3.63) is 68.2 Å². The van der Waals surface area contributed by atoms with E-state index in [2.05, 4.69) is 9.97 Å². The molecule has 0 saturated heterocycles. The Bertz CT molecular complexity index is 1070. The van der Waals surface area contributed by atoms with Gasteiger partial charge < -0.3 is 14.7 Å². The molecule has 3 rings (SSSR count). The average molecular weight is 315 g/mol.